The molecule has 1 unspecified atom stereocenters. The molecule has 0 radical (unpaired) electrons. The van der Waals surface area contributed by atoms with Gasteiger partial charge in [0.2, 0.25) is 0 Å². The summed E-state index contributed by atoms with van der Waals surface area (Å²) < 4.78 is 45.1. The maximum absolute atomic E-state index is 13.2. The fourth-order valence-electron chi connectivity index (χ4n) is 2.55. The number of benzene rings is 2. The van der Waals surface area contributed by atoms with E-state index in [0.29, 0.717) is 11.8 Å². The van der Waals surface area contributed by atoms with Crippen LogP contribution in [0.5, 0.6) is 5.75 Å². The van der Waals surface area contributed by atoms with Gasteiger partial charge in [0.05, 0.1) is 17.2 Å². The molecule has 6 heteroatoms. The molecule has 2 aromatic rings. The normalized spacial score (nSPS) is 17.0. The molecule has 0 amide bonds. The summed E-state index contributed by atoms with van der Waals surface area (Å²) in [5.41, 5.74) is 5.69. The summed E-state index contributed by atoms with van der Waals surface area (Å²) in [5, 5.41) is 0. The smallest absolute Gasteiger partial charge is 0.417 e. The third-order valence-corrected chi connectivity index (χ3v) is 3.62. The van der Waals surface area contributed by atoms with Crippen molar-refractivity contribution in [1.29, 1.82) is 0 Å². The first-order valence-corrected chi connectivity index (χ1v) is 6.81. The maximum Gasteiger partial charge on any atom is 0.417 e. The lowest BCUT2D eigenvalue weighted by molar-refractivity contribution is -0.137. The molecule has 0 aliphatic carbocycles. The number of rotatable bonds is 2. The third-order valence-electron chi connectivity index (χ3n) is 3.62. The van der Waals surface area contributed by atoms with E-state index in [4.69, 9.17) is 10.5 Å². The molecule has 3 rings (SSSR count). The quantitative estimate of drug-likeness (QED) is 0.672. The van der Waals surface area contributed by atoms with Gasteiger partial charge in [-0.05, 0) is 18.2 Å². The standard InChI is InChI=1S/C17H12F3NO2/c18-17(19,20)13-6-2-1-4-12(13)15-8-10(9-22)11-5-3-7-14(21)16(11)23-15/h1-10H,21H2. The molecule has 2 N–H and O–H groups in total. The summed E-state index contributed by atoms with van der Waals surface area (Å²) >= 11 is 0. The number of hydrogen-bond acceptors (Lipinski definition) is 3. The van der Waals surface area contributed by atoms with E-state index in [-0.39, 0.29) is 22.8 Å². The second kappa shape index (κ2) is 5.46. The van der Waals surface area contributed by atoms with Gasteiger partial charge in [0.25, 0.3) is 0 Å². The van der Waals surface area contributed by atoms with Gasteiger partial charge in [-0.3, -0.25) is 0 Å². The van der Waals surface area contributed by atoms with Gasteiger partial charge in [-0.1, -0.05) is 30.3 Å². The number of halogens is 3. The Kier molecular flexibility index (Phi) is 3.60. The van der Waals surface area contributed by atoms with Crippen molar-refractivity contribution in [1.82, 2.24) is 0 Å². The number of hydrogen-bond donors (Lipinski definition) is 1. The summed E-state index contributed by atoms with van der Waals surface area (Å²) in [7, 11) is 0. The summed E-state index contributed by atoms with van der Waals surface area (Å²) in [4.78, 5) is 11.3. The van der Waals surface area contributed by atoms with Crippen LogP contribution in [0.3, 0.4) is 0 Å². The first kappa shape index (κ1) is 15.1. The topological polar surface area (TPSA) is 52.3 Å². The van der Waals surface area contributed by atoms with Crippen LogP contribution in [0, 0.1) is 0 Å². The van der Waals surface area contributed by atoms with Crippen LogP contribution in [0.2, 0.25) is 0 Å². The molecular formula is C17H12F3NO2. The maximum atomic E-state index is 13.2. The van der Waals surface area contributed by atoms with Crippen LogP contribution in [0.4, 0.5) is 18.9 Å². The number of nitrogens with two attached hydrogens (primary N) is 1. The van der Waals surface area contributed by atoms with Crippen molar-refractivity contribution < 1.29 is 22.7 Å². The molecule has 0 aromatic heterocycles. The van der Waals surface area contributed by atoms with Gasteiger partial charge in [-0.25, -0.2) is 0 Å². The minimum Gasteiger partial charge on any atom is -0.455 e. The third kappa shape index (κ3) is 2.67. The number of ether oxygens (including phenoxy) is 1. The second-order valence-electron chi connectivity index (χ2n) is 5.10. The Hall–Kier alpha value is -2.76. The average Bonchev–Trinajstić information content (AvgIpc) is 2.53. The number of aldehydes is 1. The zero-order chi connectivity index (χ0) is 16.6. The van der Waals surface area contributed by atoms with Crippen molar-refractivity contribution in [3.63, 3.8) is 0 Å². The Morgan fingerprint density at radius 1 is 1.09 bits per heavy atom. The van der Waals surface area contributed by atoms with Crippen LogP contribution in [-0.2, 0) is 11.0 Å². The highest BCUT2D eigenvalue weighted by atomic mass is 19.4. The Morgan fingerprint density at radius 2 is 1.83 bits per heavy atom. The lowest BCUT2D eigenvalue weighted by atomic mass is 9.93. The van der Waals surface area contributed by atoms with Crippen molar-refractivity contribution in [2.24, 2.45) is 0 Å². The van der Waals surface area contributed by atoms with E-state index in [1.54, 1.807) is 18.2 Å². The highest BCUT2D eigenvalue weighted by Gasteiger charge is 2.35. The van der Waals surface area contributed by atoms with Crippen LogP contribution >= 0.6 is 0 Å². The molecule has 0 saturated heterocycles. The molecule has 0 fully saturated rings. The number of allylic oxidation sites excluding steroid dienone is 1. The minimum atomic E-state index is -4.53. The van der Waals surface area contributed by atoms with E-state index in [0.717, 1.165) is 6.07 Å². The van der Waals surface area contributed by atoms with Crippen LogP contribution in [0.25, 0.3) is 5.76 Å². The number of alkyl halides is 3. The van der Waals surface area contributed by atoms with E-state index in [1.165, 1.54) is 24.3 Å². The fraction of sp³-hybridized carbons (Fsp3) is 0.118. The van der Waals surface area contributed by atoms with Crippen molar-refractivity contribution in [3.8, 4) is 5.75 Å². The summed E-state index contributed by atoms with van der Waals surface area (Å²) in [6, 6.07) is 9.95. The predicted molar refractivity (Wildman–Crippen MR) is 79.7 cm³/mol. The minimum absolute atomic E-state index is 0.0274. The molecule has 1 aliphatic rings. The average molecular weight is 319 g/mol. The van der Waals surface area contributed by atoms with E-state index in [9.17, 15) is 18.0 Å². The van der Waals surface area contributed by atoms with Crippen molar-refractivity contribution in [2.75, 3.05) is 5.73 Å². The SMILES string of the molecule is Nc1cccc2c1OC(c1ccccc1C(F)(F)F)=CC2C=O. The molecule has 1 heterocycles. The Balaban J connectivity index is 2.15. The van der Waals surface area contributed by atoms with Crippen LogP contribution in [0.15, 0.2) is 48.5 Å². The number of para-hydroxylation sites is 1. The van der Waals surface area contributed by atoms with Gasteiger partial charge < -0.3 is 15.3 Å². The summed E-state index contributed by atoms with van der Waals surface area (Å²) in [6.45, 7) is 0. The number of fused-ring (bicyclic) bond motifs is 1. The molecule has 1 aliphatic heterocycles. The number of anilines is 1. The van der Waals surface area contributed by atoms with E-state index < -0.39 is 17.7 Å². The van der Waals surface area contributed by atoms with E-state index in [2.05, 4.69) is 0 Å². The van der Waals surface area contributed by atoms with Gasteiger partial charge in [0.1, 0.15) is 12.0 Å². The van der Waals surface area contributed by atoms with Gasteiger partial charge in [-0.2, -0.15) is 13.2 Å². The van der Waals surface area contributed by atoms with Crippen molar-refractivity contribution in [2.45, 2.75) is 12.1 Å². The lowest BCUT2D eigenvalue weighted by Gasteiger charge is -2.24. The summed E-state index contributed by atoms with van der Waals surface area (Å²) in [6.07, 6.45) is -2.50. The Labute approximate surface area is 130 Å². The highest BCUT2D eigenvalue weighted by Crippen LogP contribution is 2.42. The molecular weight excluding hydrogens is 307 g/mol. The monoisotopic (exact) mass is 319 g/mol. The molecule has 0 saturated carbocycles. The number of carbonyl (C=O) groups is 1. The molecule has 0 spiro atoms. The first-order valence-electron chi connectivity index (χ1n) is 6.81. The van der Waals surface area contributed by atoms with Crippen LogP contribution in [-0.4, -0.2) is 6.29 Å². The number of nitrogen functional groups attached to an aromatic ring is 1. The fourth-order valence-corrected chi connectivity index (χ4v) is 2.55. The Morgan fingerprint density at radius 3 is 2.52 bits per heavy atom. The van der Waals surface area contributed by atoms with Crippen molar-refractivity contribution >= 4 is 17.7 Å². The predicted octanol–water partition coefficient (Wildman–Crippen LogP) is 4.00. The lowest BCUT2D eigenvalue weighted by Crippen LogP contribution is -2.15. The van der Waals surface area contributed by atoms with Crippen molar-refractivity contribution in [3.05, 3.63) is 65.2 Å². The largest absolute Gasteiger partial charge is 0.455 e. The molecule has 23 heavy (non-hydrogen) atoms. The molecule has 3 nitrogen and oxygen atoms in total. The molecule has 0 bridgehead atoms. The zero-order valence-corrected chi connectivity index (χ0v) is 11.8. The van der Waals surface area contributed by atoms with Crippen LogP contribution < -0.4 is 10.5 Å². The molecule has 1 atom stereocenters. The molecule has 2 aromatic carbocycles. The van der Waals surface area contributed by atoms with Gasteiger partial charge in [-0.15, -0.1) is 0 Å². The number of carbonyl (C=O) groups excluding carboxylic acids is 1. The molecule has 118 valence electrons. The van der Waals surface area contributed by atoms with Gasteiger partial charge in [0, 0.05) is 11.1 Å². The van der Waals surface area contributed by atoms with Gasteiger partial charge >= 0.3 is 6.18 Å². The first-order chi connectivity index (χ1) is 10.9. The van der Waals surface area contributed by atoms with E-state index in [1.807, 2.05) is 0 Å². The highest BCUT2D eigenvalue weighted by molar-refractivity contribution is 5.80. The second-order valence-corrected chi connectivity index (χ2v) is 5.10. The summed E-state index contributed by atoms with van der Waals surface area (Å²) in [5.74, 6) is -0.516. The van der Waals surface area contributed by atoms with E-state index >= 15 is 0 Å². The van der Waals surface area contributed by atoms with Gasteiger partial charge in [0.15, 0.2) is 5.75 Å². The zero-order valence-electron chi connectivity index (χ0n) is 11.8. The Bertz CT molecular complexity index is 797. The van der Waals surface area contributed by atoms with Crippen LogP contribution in [0.1, 0.15) is 22.6 Å².